The van der Waals surface area contributed by atoms with E-state index in [0.29, 0.717) is 0 Å². The maximum atomic E-state index is 13.1. The number of nitrogens with two attached hydrogens (primary N) is 1. The van der Waals surface area contributed by atoms with Gasteiger partial charge in [-0.1, -0.05) is 54.6 Å². The number of aliphatic hydroxyl groups is 1. The zero-order valence-corrected chi connectivity index (χ0v) is 20.2. The molecule has 0 unspecified atom stereocenters. The standard InChI is InChI=1S/C26H28N4O4S/c1-16-28-14-21(35-16)13-24(32)30-15-20(31)12-23(30)26(34)29-22(25(27)33)11-17-7-9-19(10-8-17)18-5-3-2-4-6-18/h2-10,14,20,22-23,31H,11-13,15H2,1H3,(H2,27,33)(H,29,34)/t20-,22-,23+/m1/s1. The first-order valence-corrected chi connectivity index (χ1v) is 12.2. The smallest absolute Gasteiger partial charge is 0.243 e. The molecule has 8 nitrogen and oxygen atoms in total. The zero-order chi connectivity index (χ0) is 24.9. The fourth-order valence-electron chi connectivity index (χ4n) is 4.27. The van der Waals surface area contributed by atoms with E-state index in [4.69, 9.17) is 5.73 Å². The van der Waals surface area contributed by atoms with Crippen molar-refractivity contribution < 1.29 is 19.5 Å². The molecule has 3 amide bonds. The summed E-state index contributed by atoms with van der Waals surface area (Å²) in [7, 11) is 0. The summed E-state index contributed by atoms with van der Waals surface area (Å²) in [6.07, 6.45) is 1.27. The first kappa shape index (κ1) is 24.6. The van der Waals surface area contributed by atoms with Crippen LogP contribution in [-0.4, -0.2) is 57.4 Å². The molecule has 4 rings (SSSR count). The van der Waals surface area contributed by atoms with Crippen LogP contribution >= 0.6 is 11.3 Å². The second-order valence-corrected chi connectivity index (χ2v) is 10.0. The summed E-state index contributed by atoms with van der Waals surface area (Å²) in [4.78, 5) is 44.4. The van der Waals surface area contributed by atoms with Gasteiger partial charge in [0.25, 0.3) is 0 Å². The number of nitrogens with zero attached hydrogens (tertiary/aromatic N) is 2. The maximum Gasteiger partial charge on any atom is 0.243 e. The number of β-amino-alcohol motifs (C(OH)–C–C–N with tert-alkyl or cyclic N) is 1. The van der Waals surface area contributed by atoms with E-state index in [1.54, 1.807) is 6.20 Å². The van der Waals surface area contributed by atoms with Crippen molar-refractivity contribution in [3.05, 3.63) is 76.2 Å². The number of benzene rings is 2. The van der Waals surface area contributed by atoms with Gasteiger partial charge in [-0.3, -0.25) is 14.4 Å². The van der Waals surface area contributed by atoms with Gasteiger partial charge in [0.15, 0.2) is 0 Å². The van der Waals surface area contributed by atoms with Crippen LogP contribution in [0.15, 0.2) is 60.8 Å². The molecule has 4 N–H and O–H groups in total. The minimum atomic E-state index is -0.941. The third-order valence-electron chi connectivity index (χ3n) is 6.06. The lowest BCUT2D eigenvalue weighted by molar-refractivity contribution is -0.138. The highest BCUT2D eigenvalue weighted by Crippen LogP contribution is 2.22. The molecule has 1 saturated heterocycles. The average molecular weight is 493 g/mol. The van der Waals surface area contributed by atoms with Crippen molar-refractivity contribution in [2.75, 3.05) is 6.54 Å². The molecule has 2 aromatic carbocycles. The summed E-state index contributed by atoms with van der Waals surface area (Å²) in [5, 5.41) is 13.7. The van der Waals surface area contributed by atoms with E-state index >= 15 is 0 Å². The molecule has 3 aromatic rings. The van der Waals surface area contributed by atoms with Gasteiger partial charge >= 0.3 is 0 Å². The van der Waals surface area contributed by atoms with Crippen molar-refractivity contribution >= 4 is 29.1 Å². The number of primary amides is 1. The molecule has 1 aliphatic rings. The Kier molecular flexibility index (Phi) is 7.57. The molecular formula is C26H28N4O4S. The van der Waals surface area contributed by atoms with E-state index in [9.17, 15) is 19.5 Å². The molecular weight excluding hydrogens is 464 g/mol. The Balaban J connectivity index is 1.41. The second-order valence-electron chi connectivity index (χ2n) is 8.70. The molecule has 0 bridgehead atoms. The number of nitrogens with one attached hydrogen (secondary N) is 1. The van der Waals surface area contributed by atoms with Gasteiger partial charge < -0.3 is 21.1 Å². The topological polar surface area (TPSA) is 126 Å². The van der Waals surface area contributed by atoms with Gasteiger partial charge in [0, 0.05) is 30.5 Å². The predicted molar refractivity (Wildman–Crippen MR) is 133 cm³/mol. The third kappa shape index (κ3) is 6.12. The minimum Gasteiger partial charge on any atom is -0.391 e. The number of likely N-dealkylation sites (tertiary alicyclic amines) is 1. The van der Waals surface area contributed by atoms with Gasteiger partial charge in [-0.2, -0.15) is 0 Å². The van der Waals surface area contributed by atoms with Crippen molar-refractivity contribution in [2.45, 2.75) is 44.4 Å². The maximum absolute atomic E-state index is 13.1. The van der Waals surface area contributed by atoms with Crippen LogP contribution in [0.25, 0.3) is 11.1 Å². The fourth-order valence-corrected chi connectivity index (χ4v) is 5.05. The first-order chi connectivity index (χ1) is 16.8. The van der Waals surface area contributed by atoms with Gasteiger partial charge in [0.2, 0.25) is 17.7 Å². The van der Waals surface area contributed by atoms with Crippen LogP contribution in [0.3, 0.4) is 0 Å². The van der Waals surface area contributed by atoms with E-state index in [2.05, 4.69) is 10.3 Å². The summed E-state index contributed by atoms with van der Waals surface area (Å²) in [6, 6.07) is 15.8. The number of thiazole rings is 1. The molecule has 0 radical (unpaired) electrons. The molecule has 1 aromatic heterocycles. The SMILES string of the molecule is Cc1ncc(CC(=O)N2C[C@H](O)C[C@H]2C(=O)N[C@H](Cc2ccc(-c3ccccc3)cc2)C(N)=O)s1. The van der Waals surface area contributed by atoms with Gasteiger partial charge in [-0.05, 0) is 23.6 Å². The van der Waals surface area contributed by atoms with Crippen molar-refractivity contribution in [3.63, 3.8) is 0 Å². The Hall–Kier alpha value is -3.56. The lowest BCUT2D eigenvalue weighted by atomic mass is 10.00. The highest BCUT2D eigenvalue weighted by molar-refractivity contribution is 7.11. The molecule has 0 spiro atoms. The summed E-state index contributed by atoms with van der Waals surface area (Å²) >= 11 is 1.42. The molecule has 2 heterocycles. The molecule has 1 fully saturated rings. The molecule has 3 atom stereocenters. The van der Waals surface area contributed by atoms with Crippen LogP contribution in [0.1, 0.15) is 21.9 Å². The number of carbonyl (C=O) groups excluding carboxylic acids is 3. The summed E-state index contributed by atoms with van der Waals surface area (Å²) in [5.41, 5.74) is 8.55. The lowest BCUT2D eigenvalue weighted by Crippen LogP contribution is -2.53. The highest BCUT2D eigenvalue weighted by Gasteiger charge is 2.39. The minimum absolute atomic E-state index is 0.0664. The lowest BCUT2D eigenvalue weighted by Gasteiger charge is -2.25. The van der Waals surface area contributed by atoms with Crippen molar-refractivity contribution in [2.24, 2.45) is 5.73 Å². The van der Waals surface area contributed by atoms with E-state index in [1.165, 1.54) is 16.2 Å². The summed E-state index contributed by atoms with van der Waals surface area (Å²) in [6.45, 7) is 1.92. The normalized spacial score (nSPS) is 18.3. The highest BCUT2D eigenvalue weighted by atomic mass is 32.1. The van der Waals surface area contributed by atoms with Gasteiger partial charge in [0.05, 0.1) is 17.5 Å². The molecule has 0 saturated carbocycles. The molecule has 0 aliphatic carbocycles. The predicted octanol–water partition coefficient (Wildman–Crippen LogP) is 1.84. The number of hydrogen-bond donors (Lipinski definition) is 3. The summed E-state index contributed by atoms with van der Waals surface area (Å²) in [5.74, 6) is -1.43. The van der Waals surface area contributed by atoms with Crippen LogP contribution in [0.4, 0.5) is 0 Å². The van der Waals surface area contributed by atoms with Crippen molar-refractivity contribution in [1.82, 2.24) is 15.2 Å². The van der Waals surface area contributed by atoms with E-state index in [-0.39, 0.29) is 31.7 Å². The van der Waals surface area contributed by atoms with E-state index in [1.807, 2.05) is 61.5 Å². The van der Waals surface area contributed by atoms with Gasteiger partial charge in [-0.15, -0.1) is 11.3 Å². The van der Waals surface area contributed by atoms with Crippen LogP contribution in [-0.2, 0) is 27.2 Å². The fraction of sp³-hybridized carbons (Fsp3) is 0.308. The first-order valence-electron chi connectivity index (χ1n) is 11.4. The van der Waals surface area contributed by atoms with E-state index < -0.39 is 30.0 Å². The Bertz CT molecular complexity index is 1200. The Morgan fingerprint density at radius 2 is 1.83 bits per heavy atom. The van der Waals surface area contributed by atoms with E-state index in [0.717, 1.165) is 26.6 Å². The zero-order valence-electron chi connectivity index (χ0n) is 19.4. The third-order valence-corrected chi connectivity index (χ3v) is 6.97. The Labute approximate surface area is 207 Å². The molecule has 9 heteroatoms. The number of amides is 3. The van der Waals surface area contributed by atoms with Crippen molar-refractivity contribution in [3.8, 4) is 11.1 Å². The molecule has 182 valence electrons. The Morgan fingerprint density at radius 3 is 2.46 bits per heavy atom. The number of rotatable bonds is 8. The van der Waals surface area contributed by atoms with Crippen LogP contribution in [0.2, 0.25) is 0 Å². The van der Waals surface area contributed by atoms with Gasteiger partial charge in [0.1, 0.15) is 12.1 Å². The second kappa shape index (κ2) is 10.8. The number of aromatic nitrogens is 1. The molecule has 35 heavy (non-hydrogen) atoms. The van der Waals surface area contributed by atoms with Crippen LogP contribution in [0.5, 0.6) is 0 Å². The summed E-state index contributed by atoms with van der Waals surface area (Å²) < 4.78 is 0. The largest absolute Gasteiger partial charge is 0.391 e. The van der Waals surface area contributed by atoms with Crippen LogP contribution in [0, 0.1) is 6.92 Å². The van der Waals surface area contributed by atoms with Crippen molar-refractivity contribution in [1.29, 1.82) is 0 Å². The number of carbonyl (C=O) groups is 3. The number of aryl methyl sites for hydroxylation is 1. The quantitative estimate of drug-likeness (QED) is 0.442. The number of hydrogen-bond acceptors (Lipinski definition) is 6. The monoisotopic (exact) mass is 492 g/mol. The van der Waals surface area contributed by atoms with Gasteiger partial charge in [-0.25, -0.2) is 4.98 Å². The number of aliphatic hydroxyl groups excluding tert-OH is 1. The Morgan fingerprint density at radius 1 is 1.14 bits per heavy atom. The van der Waals surface area contributed by atoms with Crippen LogP contribution < -0.4 is 11.1 Å². The average Bonchev–Trinajstić information content (AvgIpc) is 3.44. The molecule has 1 aliphatic heterocycles.